The van der Waals surface area contributed by atoms with Gasteiger partial charge in [0.15, 0.2) is 0 Å². The van der Waals surface area contributed by atoms with Crippen LogP contribution in [0.3, 0.4) is 0 Å². The first-order chi connectivity index (χ1) is 8.61. The lowest BCUT2D eigenvalue weighted by Gasteiger charge is -2.11. The topological polar surface area (TPSA) is 31.2 Å². The normalized spacial score (nSPS) is 10.4. The van der Waals surface area contributed by atoms with E-state index < -0.39 is 0 Å². The van der Waals surface area contributed by atoms with E-state index in [-0.39, 0.29) is 5.56 Å². The first-order valence-electron chi connectivity index (χ1n) is 5.60. The number of ether oxygens (including phenoxy) is 1. The van der Waals surface area contributed by atoms with Gasteiger partial charge in [-0.1, -0.05) is 17.7 Å². The standard InChI is InChI=1S/C14H14BrNO2/c1-10-5-6-13(18-2)11(8-10)9-16-7-3-4-12(15)14(16)17/h3-8H,9H2,1-2H3. The van der Waals surface area contributed by atoms with Gasteiger partial charge in [0.2, 0.25) is 0 Å². The fourth-order valence-electron chi connectivity index (χ4n) is 1.85. The summed E-state index contributed by atoms with van der Waals surface area (Å²) in [4.78, 5) is 11.9. The van der Waals surface area contributed by atoms with Crippen LogP contribution >= 0.6 is 15.9 Å². The van der Waals surface area contributed by atoms with Crippen molar-refractivity contribution in [1.29, 1.82) is 0 Å². The highest BCUT2D eigenvalue weighted by molar-refractivity contribution is 9.10. The second-order valence-electron chi connectivity index (χ2n) is 4.10. The van der Waals surface area contributed by atoms with Crippen LogP contribution in [0.4, 0.5) is 0 Å². The highest BCUT2D eigenvalue weighted by Gasteiger charge is 2.06. The van der Waals surface area contributed by atoms with Gasteiger partial charge >= 0.3 is 0 Å². The monoisotopic (exact) mass is 307 g/mol. The molecule has 0 aliphatic carbocycles. The Morgan fingerprint density at radius 3 is 2.83 bits per heavy atom. The molecule has 0 aliphatic heterocycles. The lowest BCUT2D eigenvalue weighted by atomic mass is 10.1. The Labute approximate surface area is 114 Å². The van der Waals surface area contributed by atoms with Crippen molar-refractivity contribution < 1.29 is 4.74 Å². The molecule has 0 saturated carbocycles. The zero-order valence-electron chi connectivity index (χ0n) is 10.3. The number of nitrogens with zero attached hydrogens (tertiary/aromatic N) is 1. The van der Waals surface area contributed by atoms with Crippen molar-refractivity contribution in [3.63, 3.8) is 0 Å². The van der Waals surface area contributed by atoms with Gasteiger partial charge in [0.25, 0.3) is 5.56 Å². The fraction of sp³-hybridized carbons (Fsp3) is 0.214. The largest absolute Gasteiger partial charge is 0.496 e. The second-order valence-corrected chi connectivity index (χ2v) is 4.96. The van der Waals surface area contributed by atoms with Crippen molar-refractivity contribution in [3.05, 3.63) is 62.5 Å². The van der Waals surface area contributed by atoms with Crippen LogP contribution in [-0.4, -0.2) is 11.7 Å². The third-order valence-electron chi connectivity index (χ3n) is 2.75. The molecule has 3 nitrogen and oxygen atoms in total. The quantitative estimate of drug-likeness (QED) is 0.873. The minimum atomic E-state index is -0.0407. The van der Waals surface area contributed by atoms with E-state index in [2.05, 4.69) is 15.9 Å². The van der Waals surface area contributed by atoms with E-state index in [1.165, 1.54) is 0 Å². The molecule has 0 N–H and O–H groups in total. The maximum absolute atomic E-state index is 11.9. The van der Waals surface area contributed by atoms with Gasteiger partial charge in [-0.3, -0.25) is 4.79 Å². The Hall–Kier alpha value is -1.55. The summed E-state index contributed by atoms with van der Waals surface area (Å²) in [5.41, 5.74) is 2.10. The lowest BCUT2D eigenvalue weighted by Crippen LogP contribution is -2.20. The summed E-state index contributed by atoms with van der Waals surface area (Å²) in [5, 5.41) is 0. The molecule has 0 saturated heterocycles. The van der Waals surface area contributed by atoms with Gasteiger partial charge in [0, 0.05) is 11.8 Å². The predicted octanol–water partition coefficient (Wildman–Crippen LogP) is 2.98. The predicted molar refractivity (Wildman–Crippen MR) is 75.2 cm³/mol. The molecule has 2 aromatic rings. The zero-order valence-corrected chi connectivity index (χ0v) is 11.9. The highest BCUT2D eigenvalue weighted by Crippen LogP contribution is 2.20. The summed E-state index contributed by atoms with van der Waals surface area (Å²) in [6.07, 6.45) is 1.77. The Kier molecular flexibility index (Phi) is 3.87. The maximum atomic E-state index is 11.9. The molecule has 94 valence electrons. The van der Waals surface area contributed by atoms with E-state index in [1.807, 2.05) is 31.2 Å². The van der Waals surface area contributed by atoms with Crippen LogP contribution in [0.25, 0.3) is 0 Å². The van der Waals surface area contributed by atoms with E-state index in [0.29, 0.717) is 11.0 Å². The summed E-state index contributed by atoms with van der Waals surface area (Å²) >= 11 is 3.24. The van der Waals surface area contributed by atoms with Crippen LogP contribution in [0.2, 0.25) is 0 Å². The number of halogens is 1. The average Bonchev–Trinajstić information content (AvgIpc) is 2.35. The minimum absolute atomic E-state index is 0.0407. The number of hydrogen-bond donors (Lipinski definition) is 0. The van der Waals surface area contributed by atoms with E-state index in [0.717, 1.165) is 16.9 Å². The van der Waals surface area contributed by atoms with Crippen molar-refractivity contribution >= 4 is 15.9 Å². The van der Waals surface area contributed by atoms with Crippen molar-refractivity contribution in [2.24, 2.45) is 0 Å². The summed E-state index contributed by atoms with van der Waals surface area (Å²) in [6.45, 7) is 2.52. The summed E-state index contributed by atoms with van der Waals surface area (Å²) in [5.74, 6) is 0.799. The Morgan fingerprint density at radius 1 is 1.33 bits per heavy atom. The number of aryl methyl sites for hydroxylation is 1. The van der Waals surface area contributed by atoms with E-state index in [9.17, 15) is 4.79 Å². The second kappa shape index (κ2) is 5.40. The molecule has 0 fully saturated rings. The molecule has 0 atom stereocenters. The van der Waals surface area contributed by atoms with Crippen LogP contribution < -0.4 is 10.3 Å². The molecule has 18 heavy (non-hydrogen) atoms. The van der Waals surface area contributed by atoms with Gasteiger partial charge in [-0.05, 0) is 41.1 Å². The Morgan fingerprint density at radius 2 is 2.11 bits per heavy atom. The SMILES string of the molecule is COc1ccc(C)cc1Cn1cccc(Br)c1=O. The van der Waals surface area contributed by atoms with Gasteiger partial charge in [0.1, 0.15) is 5.75 Å². The number of pyridine rings is 1. The van der Waals surface area contributed by atoms with Crippen LogP contribution in [-0.2, 0) is 6.54 Å². The Bertz CT molecular complexity index is 619. The summed E-state index contributed by atoms with van der Waals surface area (Å²) < 4.78 is 7.54. The molecule has 4 heteroatoms. The van der Waals surface area contributed by atoms with E-state index >= 15 is 0 Å². The zero-order chi connectivity index (χ0) is 13.1. The van der Waals surface area contributed by atoms with E-state index in [1.54, 1.807) is 23.9 Å². The molecule has 1 heterocycles. The van der Waals surface area contributed by atoms with Crippen LogP contribution in [0, 0.1) is 6.92 Å². The van der Waals surface area contributed by atoms with Crippen molar-refractivity contribution in [2.45, 2.75) is 13.5 Å². The number of benzene rings is 1. The molecule has 0 unspecified atom stereocenters. The third-order valence-corrected chi connectivity index (χ3v) is 3.35. The number of rotatable bonds is 3. The van der Waals surface area contributed by atoms with Crippen molar-refractivity contribution in [2.75, 3.05) is 7.11 Å². The van der Waals surface area contributed by atoms with E-state index in [4.69, 9.17) is 4.74 Å². The number of methoxy groups -OCH3 is 1. The van der Waals surface area contributed by atoms with Gasteiger partial charge in [-0.2, -0.15) is 0 Å². The molecular weight excluding hydrogens is 294 g/mol. The van der Waals surface area contributed by atoms with Crippen LogP contribution in [0.1, 0.15) is 11.1 Å². The van der Waals surface area contributed by atoms with Crippen molar-refractivity contribution in [1.82, 2.24) is 4.57 Å². The maximum Gasteiger partial charge on any atom is 0.265 e. The van der Waals surface area contributed by atoms with Gasteiger partial charge < -0.3 is 9.30 Å². The summed E-state index contributed by atoms with van der Waals surface area (Å²) in [6, 6.07) is 9.53. The molecule has 0 spiro atoms. The minimum Gasteiger partial charge on any atom is -0.496 e. The fourth-order valence-corrected chi connectivity index (χ4v) is 2.23. The van der Waals surface area contributed by atoms with Gasteiger partial charge in [0.05, 0.1) is 18.1 Å². The third kappa shape index (κ3) is 2.64. The summed E-state index contributed by atoms with van der Waals surface area (Å²) in [7, 11) is 1.64. The molecule has 1 aromatic heterocycles. The average molecular weight is 308 g/mol. The molecule has 2 rings (SSSR count). The molecule has 0 bridgehead atoms. The van der Waals surface area contributed by atoms with Crippen molar-refractivity contribution in [3.8, 4) is 5.75 Å². The highest BCUT2D eigenvalue weighted by atomic mass is 79.9. The van der Waals surface area contributed by atoms with Gasteiger partial charge in [-0.25, -0.2) is 0 Å². The molecular formula is C14H14BrNO2. The van der Waals surface area contributed by atoms with Crippen LogP contribution in [0.15, 0.2) is 45.8 Å². The smallest absolute Gasteiger partial charge is 0.265 e. The molecule has 1 aromatic carbocycles. The number of aromatic nitrogens is 1. The van der Waals surface area contributed by atoms with Gasteiger partial charge in [-0.15, -0.1) is 0 Å². The lowest BCUT2D eigenvalue weighted by molar-refractivity contribution is 0.408. The molecule has 0 amide bonds. The first kappa shape index (κ1) is 12.9. The molecule has 0 radical (unpaired) electrons. The first-order valence-corrected chi connectivity index (χ1v) is 6.39. The molecule has 0 aliphatic rings. The number of hydrogen-bond acceptors (Lipinski definition) is 2. The Balaban J connectivity index is 2.42. The van der Waals surface area contributed by atoms with Crippen LogP contribution in [0.5, 0.6) is 5.75 Å².